The second-order valence-electron chi connectivity index (χ2n) is 4.58. The van der Waals surface area contributed by atoms with Gasteiger partial charge in [-0.3, -0.25) is 9.59 Å². The average molecular weight is 288 g/mol. The highest BCUT2D eigenvalue weighted by atomic mass is 35.5. The minimum absolute atomic E-state index is 0.216. The molecule has 1 heterocycles. The molecule has 98 valence electrons. The summed E-state index contributed by atoms with van der Waals surface area (Å²) in [6, 6.07) is 3.39. The average Bonchev–Trinajstić information content (AvgIpc) is 2.62. The number of hydrogen-bond donors (Lipinski definition) is 2. The molecule has 4 nitrogen and oxygen atoms in total. The maximum absolute atomic E-state index is 12.1. The zero-order valence-electron chi connectivity index (χ0n) is 9.90. The normalized spacial score (nSPS) is 18.8. The Kier molecular flexibility index (Phi) is 3.64. The quantitative estimate of drug-likeness (QED) is 0.837. The van der Waals surface area contributed by atoms with E-state index in [1.807, 2.05) is 13.0 Å². The highest BCUT2D eigenvalue weighted by Gasteiger charge is 2.51. The highest BCUT2D eigenvalue weighted by Crippen LogP contribution is 2.42. The molecular weight excluding hydrogens is 274 g/mol. The topological polar surface area (TPSA) is 66.4 Å². The minimum Gasteiger partial charge on any atom is -0.480 e. The molecule has 0 saturated heterocycles. The standard InChI is InChI=1S/C12H14ClNO3S/c1-7(8-3-4-9(13)18-8)14-10(15)12(11(16)17)5-2-6-12/h3-4,7H,2,5-6H2,1H3,(H,14,15)(H,16,17). The number of rotatable bonds is 4. The van der Waals surface area contributed by atoms with E-state index in [0.29, 0.717) is 17.2 Å². The Hall–Kier alpha value is -1.07. The number of amides is 1. The van der Waals surface area contributed by atoms with E-state index in [2.05, 4.69) is 5.32 Å². The molecule has 1 aliphatic carbocycles. The molecular formula is C12H14ClNO3S. The Labute approximate surface area is 114 Å². The van der Waals surface area contributed by atoms with Crippen molar-refractivity contribution in [1.29, 1.82) is 0 Å². The van der Waals surface area contributed by atoms with Crippen LogP contribution in [0.4, 0.5) is 0 Å². The fourth-order valence-electron chi connectivity index (χ4n) is 2.04. The number of nitrogens with one attached hydrogen (secondary N) is 1. The molecule has 0 bridgehead atoms. The van der Waals surface area contributed by atoms with Crippen molar-refractivity contribution in [1.82, 2.24) is 5.32 Å². The van der Waals surface area contributed by atoms with Crippen LogP contribution in [-0.4, -0.2) is 17.0 Å². The molecule has 0 spiro atoms. The molecule has 0 aliphatic heterocycles. The molecule has 1 saturated carbocycles. The van der Waals surface area contributed by atoms with Crippen LogP contribution in [0.25, 0.3) is 0 Å². The van der Waals surface area contributed by atoms with Gasteiger partial charge in [0.05, 0.1) is 10.4 Å². The first-order valence-corrected chi connectivity index (χ1v) is 6.95. The van der Waals surface area contributed by atoms with E-state index in [1.54, 1.807) is 6.07 Å². The lowest BCUT2D eigenvalue weighted by atomic mass is 9.68. The number of carbonyl (C=O) groups excluding carboxylic acids is 1. The van der Waals surface area contributed by atoms with Gasteiger partial charge in [0.2, 0.25) is 5.91 Å². The van der Waals surface area contributed by atoms with Gasteiger partial charge in [-0.25, -0.2) is 0 Å². The molecule has 1 aromatic rings. The summed E-state index contributed by atoms with van der Waals surface area (Å²) in [4.78, 5) is 24.2. The second kappa shape index (κ2) is 4.90. The van der Waals surface area contributed by atoms with Gasteiger partial charge in [-0.1, -0.05) is 18.0 Å². The summed E-state index contributed by atoms with van der Waals surface area (Å²) in [6.07, 6.45) is 1.64. The van der Waals surface area contributed by atoms with E-state index in [0.717, 1.165) is 11.3 Å². The van der Waals surface area contributed by atoms with Crippen molar-refractivity contribution in [3.8, 4) is 0 Å². The van der Waals surface area contributed by atoms with Gasteiger partial charge in [-0.2, -0.15) is 0 Å². The van der Waals surface area contributed by atoms with Crippen molar-refractivity contribution in [2.24, 2.45) is 5.41 Å². The van der Waals surface area contributed by atoms with Crippen LogP contribution in [0.2, 0.25) is 4.34 Å². The number of thiophene rings is 1. The van der Waals surface area contributed by atoms with E-state index in [1.165, 1.54) is 11.3 Å². The van der Waals surface area contributed by atoms with Gasteiger partial charge < -0.3 is 10.4 Å². The van der Waals surface area contributed by atoms with Gasteiger partial charge >= 0.3 is 5.97 Å². The Morgan fingerprint density at radius 3 is 2.56 bits per heavy atom. The summed E-state index contributed by atoms with van der Waals surface area (Å²) in [5, 5.41) is 11.9. The van der Waals surface area contributed by atoms with E-state index < -0.39 is 17.3 Å². The Balaban J connectivity index is 2.05. The number of halogens is 1. The first kappa shape index (κ1) is 13.4. The van der Waals surface area contributed by atoms with Crippen molar-refractivity contribution >= 4 is 34.8 Å². The number of aliphatic carboxylic acids is 1. The third-order valence-corrected chi connectivity index (χ3v) is 4.83. The van der Waals surface area contributed by atoms with Crippen LogP contribution in [0.1, 0.15) is 37.1 Å². The fraction of sp³-hybridized carbons (Fsp3) is 0.500. The van der Waals surface area contributed by atoms with Crippen LogP contribution < -0.4 is 5.32 Å². The van der Waals surface area contributed by atoms with Crippen LogP contribution in [0.5, 0.6) is 0 Å². The number of carbonyl (C=O) groups is 2. The van der Waals surface area contributed by atoms with E-state index in [4.69, 9.17) is 16.7 Å². The van der Waals surface area contributed by atoms with Crippen molar-refractivity contribution in [2.45, 2.75) is 32.2 Å². The lowest BCUT2D eigenvalue weighted by Crippen LogP contribution is -2.51. The van der Waals surface area contributed by atoms with Crippen LogP contribution in [0.3, 0.4) is 0 Å². The lowest BCUT2D eigenvalue weighted by molar-refractivity contribution is -0.162. The maximum Gasteiger partial charge on any atom is 0.319 e. The molecule has 2 rings (SSSR count). The third-order valence-electron chi connectivity index (χ3n) is 3.42. The maximum atomic E-state index is 12.1. The van der Waals surface area contributed by atoms with E-state index >= 15 is 0 Å². The molecule has 0 aromatic carbocycles. The predicted molar refractivity (Wildman–Crippen MR) is 69.8 cm³/mol. The van der Waals surface area contributed by atoms with Gasteiger partial charge in [0.1, 0.15) is 5.41 Å². The molecule has 1 fully saturated rings. The first-order valence-electron chi connectivity index (χ1n) is 5.75. The first-order chi connectivity index (χ1) is 8.45. The summed E-state index contributed by atoms with van der Waals surface area (Å²) in [6.45, 7) is 1.83. The summed E-state index contributed by atoms with van der Waals surface area (Å²) < 4.78 is 0.655. The van der Waals surface area contributed by atoms with Crippen molar-refractivity contribution in [3.05, 3.63) is 21.3 Å². The van der Waals surface area contributed by atoms with Gasteiger partial charge in [0.25, 0.3) is 0 Å². The van der Waals surface area contributed by atoms with Crippen LogP contribution >= 0.6 is 22.9 Å². The molecule has 0 radical (unpaired) electrons. The molecule has 1 aromatic heterocycles. The Morgan fingerprint density at radius 1 is 1.50 bits per heavy atom. The van der Waals surface area contributed by atoms with Crippen LogP contribution in [0, 0.1) is 5.41 Å². The monoisotopic (exact) mass is 287 g/mol. The van der Waals surface area contributed by atoms with Gasteiger partial charge in [-0.15, -0.1) is 11.3 Å². The fourth-order valence-corrected chi connectivity index (χ4v) is 3.10. The van der Waals surface area contributed by atoms with Crippen molar-refractivity contribution < 1.29 is 14.7 Å². The van der Waals surface area contributed by atoms with Gasteiger partial charge in [0.15, 0.2) is 0 Å². The lowest BCUT2D eigenvalue weighted by Gasteiger charge is -2.36. The SMILES string of the molecule is CC(NC(=O)C1(C(=O)O)CCC1)c1ccc(Cl)s1. The second-order valence-corrected chi connectivity index (χ2v) is 6.32. The zero-order valence-corrected chi connectivity index (χ0v) is 11.5. The largest absolute Gasteiger partial charge is 0.480 e. The van der Waals surface area contributed by atoms with Crippen molar-refractivity contribution in [3.63, 3.8) is 0 Å². The summed E-state index contributed by atoms with van der Waals surface area (Å²) in [7, 11) is 0. The number of hydrogen-bond acceptors (Lipinski definition) is 3. The van der Waals surface area contributed by atoms with Gasteiger partial charge in [0, 0.05) is 4.88 Å². The Morgan fingerprint density at radius 2 is 2.17 bits per heavy atom. The Bertz CT molecular complexity index is 481. The molecule has 6 heteroatoms. The molecule has 2 N–H and O–H groups in total. The third kappa shape index (κ3) is 2.24. The summed E-state index contributed by atoms with van der Waals surface area (Å²) in [5.41, 5.74) is -1.21. The predicted octanol–water partition coefficient (Wildman–Crippen LogP) is 2.83. The van der Waals surface area contributed by atoms with E-state index in [-0.39, 0.29) is 6.04 Å². The summed E-state index contributed by atoms with van der Waals surface area (Å²) in [5.74, 6) is -1.42. The molecule has 1 aliphatic rings. The number of carboxylic acid groups (broad SMARTS) is 1. The smallest absolute Gasteiger partial charge is 0.319 e. The zero-order chi connectivity index (χ0) is 13.3. The van der Waals surface area contributed by atoms with Gasteiger partial charge in [-0.05, 0) is 31.9 Å². The molecule has 1 atom stereocenters. The summed E-state index contributed by atoms with van der Waals surface area (Å²) >= 11 is 7.22. The van der Waals surface area contributed by atoms with Crippen LogP contribution in [-0.2, 0) is 9.59 Å². The highest BCUT2D eigenvalue weighted by molar-refractivity contribution is 7.16. The molecule has 1 unspecified atom stereocenters. The minimum atomic E-state index is -1.21. The molecule has 1 amide bonds. The molecule has 18 heavy (non-hydrogen) atoms. The van der Waals surface area contributed by atoms with E-state index in [9.17, 15) is 9.59 Å². The number of carboxylic acids is 1. The van der Waals surface area contributed by atoms with Crippen molar-refractivity contribution in [2.75, 3.05) is 0 Å². The van der Waals surface area contributed by atoms with Crippen LogP contribution in [0.15, 0.2) is 12.1 Å².